The van der Waals surface area contributed by atoms with Crippen LogP contribution in [0.4, 0.5) is 0 Å². The average Bonchev–Trinajstić information content (AvgIpc) is 2.98. The van der Waals surface area contributed by atoms with Gasteiger partial charge in [-0.15, -0.1) is 0 Å². The Hall–Kier alpha value is -1.26. The van der Waals surface area contributed by atoms with E-state index in [9.17, 15) is 10.2 Å². The van der Waals surface area contributed by atoms with Gasteiger partial charge in [-0.05, 0) is 52.4 Å². The quantitative estimate of drug-likeness (QED) is 0.605. The van der Waals surface area contributed by atoms with E-state index in [0.717, 1.165) is 19.4 Å². The average molecular weight is 307 g/mol. The van der Waals surface area contributed by atoms with Gasteiger partial charge in [-0.3, -0.25) is 0 Å². The number of hydrogen-bond acceptors (Lipinski definition) is 4. The van der Waals surface area contributed by atoms with E-state index in [0.29, 0.717) is 11.8 Å². The van der Waals surface area contributed by atoms with Crippen LogP contribution >= 0.6 is 0 Å². The van der Waals surface area contributed by atoms with Crippen LogP contribution in [0.5, 0.6) is 0 Å². The Morgan fingerprint density at radius 3 is 2.73 bits per heavy atom. The molecule has 4 atom stereocenters. The number of ether oxygens (including phenoxy) is 1. The molecule has 4 unspecified atom stereocenters. The fourth-order valence-electron chi connectivity index (χ4n) is 4.43. The zero-order valence-electron chi connectivity index (χ0n) is 14.3. The van der Waals surface area contributed by atoms with Crippen molar-refractivity contribution in [2.45, 2.75) is 45.8 Å². The SMILES string of the molecule is C/C=C\C(O)=C(/C=C1C(C(C)O)C12CCN(C)C2CC)OC. The van der Waals surface area contributed by atoms with E-state index < -0.39 is 0 Å². The summed E-state index contributed by atoms with van der Waals surface area (Å²) in [5, 5.41) is 20.3. The van der Waals surface area contributed by atoms with E-state index in [2.05, 4.69) is 18.9 Å². The zero-order valence-corrected chi connectivity index (χ0v) is 14.3. The summed E-state index contributed by atoms with van der Waals surface area (Å²) in [5.41, 5.74) is 1.25. The molecule has 2 N–H and O–H groups in total. The molecule has 1 spiro atoms. The summed E-state index contributed by atoms with van der Waals surface area (Å²) in [7, 11) is 3.72. The van der Waals surface area contributed by atoms with Crippen molar-refractivity contribution in [3.05, 3.63) is 35.3 Å². The molecule has 4 heteroatoms. The van der Waals surface area contributed by atoms with Gasteiger partial charge >= 0.3 is 0 Å². The molecule has 1 heterocycles. The molecule has 2 rings (SSSR count). The van der Waals surface area contributed by atoms with Gasteiger partial charge in [0.15, 0.2) is 11.5 Å². The third-order valence-electron chi connectivity index (χ3n) is 5.30. The normalized spacial score (nSPS) is 36.2. The summed E-state index contributed by atoms with van der Waals surface area (Å²) in [6.45, 7) is 6.97. The summed E-state index contributed by atoms with van der Waals surface area (Å²) in [6, 6.07) is 0.445. The summed E-state index contributed by atoms with van der Waals surface area (Å²) in [4.78, 5) is 2.39. The van der Waals surface area contributed by atoms with E-state index >= 15 is 0 Å². The second kappa shape index (κ2) is 6.47. The first-order chi connectivity index (χ1) is 10.4. The second-order valence-corrected chi connectivity index (χ2v) is 6.47. The number of hydrogen-bond donors (Lipinski definition) is 2. The third-order valence-corrected chi connectivity index (χ3v) is 5.30. The smallest absolute Gasteiger partial charge is 0.160 e. The number of aliphatic hydroxyl groups is 2. The molecule has 0 radical (unpaired) electrons. The van der Waals surface area contributed by atoms with Gasteiger partial charge in [-0.2, -0.15) is 0 Å². The highest BCUT2D eigenvalue weighted by atomic mass is 16.5. The van der Waals surface area contributed by atoms with Gasteiger partial charge in [-0.25, -0.2) is 0 Å². The molecule has 0 bridgehead atoms. The number of likely N-dealkylation sites (tertiary alicyclic amines) is 1. The number of methoxy groups -OCH3 is 1. The van der Waals surface area contributed by atoms with Gasteiger partial charge < -0.3 is 19.8 Å². The Labute approximate surface area is 133 Å². The molecule has 0 aromatic rings. The van der Waals surface area contributed by atoms with Crippen LogP contribution in [0.3, 0.4) is 0 Å². The zero-order chi connectivity index (χ0) is 16.5. The molecule has 0 amide bonds. The number of rotatable bonds is 5. The first-order valence-electron chi connectivity index (χ1n) is 8.14. The first kappa shape index (κ1) is 17.1. The van der Waals surface area contributed by atoms with Crippen LogP contribution in [0.15, 0.2) is 35.3 Å². The van der Waals surface area contributed by atoms with Gasteiger partial charge in [0.1, 0.15) is 0 Å². The van der Waals surface area contributed by atoms with E-state index in [1.165, 1.54) is 5.57 Å². The topological polar surface area (TPSA) is 52.9 Å². The Morgan fingerprint density at radius 1 is 1.55 bits per heavy atom. The molecule has 2 fully saturated rings. The van der Waals surface area contributed by atoms with Crippen molar-refractivity contribution in [3.8, 4) is 0 Å². The number of nitrogens with zero attached hydrogens (tertiary/aromatic N) is 1. The summed E-state index contributed by atoms with van der Waals surface area (Å²) < 4.78 is 5.35. The van der Waals surface area contributed by atoms with Gasteiger partial charge in [0.05, 0.1) is 13.2 Å². The van der Waals surface area contributed by atoms with Crippen LogP contribution in [0, 0.1) is 11.3 Å². The maximum absolute atomic E-state index is 10.2. The molecule has 1 saturated heterocycles. The maximum atomic E-state index is 10.2. The summed E-state index contributed by atoms with van der Waals surface area (Å²) in [5.74, 6) is 0.759. The Balaban J connectivity index is 2.41. The molecule has 0 aromatic heterocycles. The van der Waals surface area contributed by atoms with E-state index in [-0.39, 0.29) is 23.2 Å². The largest absolute Gasteiger partial charge is 0.504 e. The fraction of sp³-hybridized carbons (Fsp3) is 0.667. The minimum Gasteiger partial charge on any atom is -0.504 e. The number of allylic oxidation sites excluding steroid dienone is 3. The van der Waals surface area contributed by atoms with Crippen molar-refractivity contribution < 1.29 is 14.9 Å². The molecule has 1 saturated carbocycles. The van der Waals surface area contributed by atoms with Gasteiger partial charge in [0.25, 0.3) is 0 Å². The van der Waals surface area contributed by atoms with Gasteiger partial charge in [0, 0.05) is 17.4 Å². The molecule has 22 heavy (non-hydrogen) atoms. The minimum absolute atomic E-state index is 0.0393. The maximum Gasteiger partial charge on any atom is 0.160 e. The fourth-order valence-corrected chi connectivity index (χ4v) is 4.43. The van der Waals surface area contributed by atoms with Crippen molar-refractivity contribution in [2.24, 2.45) is 11.3 Å². The van der Waals surface area contributed by atoms with Crippen molar-refractivity contribution in [1.29, 1.82) is 0 Å². The third kappa shape index (κ3) is 2.59. The lowest BCUT2D eigenvalue weighted by molar-refractivity contribution is 0.136. The lowest BCUT2D eigenvalue weighted by Gasteiger charge is -2.24. The van der Waals surface area contributed by atoms with E-state index in [1.54, 1.807) is 19.3 Å². The highest BCUT2D eigenvalue weighted by molar-refractivity contribution is 5.47. The molecule has 0 aromatic carbocycles. The van der Waals surface area contributed by atoms with E-state index in [4.69, 9.17) is 4.74 Å². The predicted molar refractivity (Wildman–Crippen MR) is 88.5 cm³/mol. The van der Waals surface area contributed by atoms with Crippen molar-refractivity contribution in [1.82, 2.24) is 4.90 Å². The van der Waals surface area contributed by atoms with Crippen molar-refractivity contribution in [3.63, 3.8) is 0 Å². The van der Waals surface area contributed by atoms with E-state index in [1.807, 2.05) is 19.9 Å². The first-order valence-corrected chi connectivity index (χ1v) is 8.14. The molecular weight excluding hydrogens is 278 g/mol. The minimum atomic E-state index is -0.381. The monoisotopic (exact) mass is 307 g/mol. The van der Waals surface area contributed by atoms with Crippen LogP contribution in [-0.2, 0) is 4.74 Å². The van der Waals surface area contributed by atoms with Crippen LogP contribution in [0.25, 0.3) is 0 Å². The molecule has 4 nitrogen and oxygen atoms in total. The molecule has 124 valence electrons. The molecular formula is C18H29NO3. The Bertz CT molecular complexity index is 506. The Kier molecular flexibility index (Phi) is 5.03. The lowest BCUT2D eigenvalue weighted by Crippen LogP contribution is -2.31. The van der Waals surface area contributed by atoms with Gasteiger partial charge in [-0.1, -0.05) is 18.6 Å². The molecule has 1 aliphatic heterocycles. The van der Waals surface area contributed by atoms with Crippen LogP contribution < -0.4 is 0 Å². The predicted octanol–water partition coefficient (Wildman–Crippen LogP) is 3.02. The standard InChI is InChI=1S/C18H29NO3/c1-6-8-14(21)15(22-5)11-13-17(12(3)20)18(13)9-10-19(4)16(18)7-2/h6,8,11-12,16-17,20-21H,7,9-10H2,1-5H3/b8-6-,13-11?,15-14-. The van der Waals surface area contributed by atoms with Crippen LogP contribution in [0.1, 0.15) is 33.6 Å². The van der Waals surface area contributed by atoms with Crippen LogP contribution in [0.2, 0.25) is 0 Å². The van der Waals surface area contributed by atoms with Crippen molar-refractivity contribution >= 4 is 0 Å². The molecule has 2 aliphatic rings. The Morgan fingerprint density at radius 2 is 2.23 bits per heavy atom. The lowest BCUT2D eigenvalue weighted by atomic mass is 9.90. The number of aliphatic hydroxyl groups excluding tert-OH is 2. The summed E-state index contributed by atoms with van der Waals surface area (Å²) in [6.07, 6.45) is 7.08. The highest BCUT2D eigenvalue weighted by Crippen LogP contribution is 2.68. The van der Waals surface area contributed by atoms with Gasteiger partial charge in [0.2, 0.25) is 0 Å². The molecule has 1 aliphatic carbocycles. The highest BCUT2D eigenvalue weighted by Gasteiger charge is 2.67. The van der Waals surface area contributed by atoms with Crippen molar-refractivity contribution in [2.75, 3.05) is 20.7 Å². The summed E-state index contributed by atoms with van der Waals surface area (Å²) >= 11 is 0. The van der Waals surface area contributed by atoms with Crippen LogP contribution in [-0.4, -0.2) is 48.0 Å². The second-order valence-electron chi connectivity index (χ2n) is 6.47.